The number of carbonyl (C=O) groups is 1. The van der Waals surface area contributed by atoms with Crippen molar-refractivity contribution in [2.75, 3.05) is 5.33 Å². The van der Waals surface area contributed by atoms with E-state index in [0.717, 1.165) is 41.5 Å². The van der Waals surface area contributed by atoms with E-state index < -0.39 is 0 Å². The van der Waals surface area contributed by atoms with E-state index in [2.05, 4.69) is 20.9 Å². The highest BCUT2D eigenvalue weighted by Crippen LogP contribution is 2.35. The lowest BCUT2D eigenvalue weighted by Crippen LogP contribution is -2.08. The summed E-state index contributed by atoms with van der Waals surface area (Å²) in [6, 6.07) is 3.45. The summed E-state index contributed by atoms with van der Waals surface area (Å²) in [5, 5.41) is 2.09. The molecular formula is C14H10BrCl2NO. The average Bonchev–Trinajstić information content (AvgIpc) is 2.83. The number of aromatic nitrogens is 1. The Labute approximate surface area is 129 Å². The predicted molar refractivity (Wildman–Crippen MR) is 81.9 cm³/mol. The summed E-state index contributed by atoms with van der Waals surface area (Å²) in [4.78, 5) is 16.9. The molecule has 0 spiro atoms. The number of rotatable bonds is 2. The van der Waals surface area contributed by atoms with Crippen LogP contribution in [0.4, 0.5) is 0 Å². The number of nitrogens with zero attached hydrogens (tertiary/aromatic N) is 1. The van der Waals surface area contributed by atoms with Gasteiger partial charge in [-0.05, 0) is 37.0 Å². The Balaban J connectivity index is 2.45. The van der Waals surface area contributed by atoms with Crippen molar-refractivity contribution in [3.05, 3.63) is 39.0 Å². The summed E-state index contributed by atoms with van der Waals surface area (Å²) in [7, 11) is 0. The third-order valence-corrected chi connectivity index (χ3v) is 4.45. The van der Waals surface area contributed by atoms with E-state index >= 15 is 0 Å². The van der Waals surface area contributed by atoms with Gasteiger partial charge in [-0.1, -0.05) is 39.1 Å². The number of pyridine rings is 1. The van der Waals surface area contributed by atoms with E-state index in [1.807, 2.05) is 0 Å². The van der Waals surface area contributed by atoms with Gasteiger partial charge in [-0.15, -0.1) is 0 Å². The first-order chi connectivity index (χ1) is 9.11. The van der Waals surface area contributed by atoms with Crippen LogP contribution in [0.15, 0.2) is 12.1 Å². The molecule has 1 aromatic carbocycles. The lowest BCUT2D eigenvalue weighted by molar-refractivity contribution is 0.102. The van der Waals surface area contributed by atoms with Gasteiger partial charge < -0.3 is 0 Å². The zero-order valence-corrected chi connectivity index (χ0v) is 13.1. The fraction of sp³-hybridized carbons (Fsp3) is 0.286. The number of carbonyl (C=O) groups excluding carboxylic acids is 1. The molecule has 0 unspecified atom stereocenters. The quantitative estimate of drug-likeness (QED) is 0.579. The maximum Gasteiger partial charge on any atom is 0.174 e. The molecule has 1 heterocycles. The Bertz CT molecular complexity index is 700. The zero-order chi connectivity index (χ0) is 13.6. The van der Waals surface area contributed by atoms with E-state index in [9.17, 15) is 4.79 Å². The van der Waals surface area contributed by atoms with Gasteiger partial charge >= 0.3 is 0 Å². The molecule has 0 atom stereocenters. The van der Waals surface area contributed by atoms with Crippen LogP contribution < -0.4 is 0 Å². The monoisotopic (exact) mass is 357 g/mol. The molecule has 0 saturated carbocycles. The van der Waals surface area contributed by atoms with Crippen LogP contribution in [0.5, 0.6) is 0 Å². The van der Waals surface area contributed by atoms with Gasteiger partial charge in [0.15, 0.2) is 5.78 Å². The highest BCUT2D eigenvalue weighted by atomic mass is 79.9. The van der Waals surface area contributed by atoms with Crippen LogP contribution >= 0.6 is 39.1 Å². The van der Waals surface area contributed by atoms with Crippen LogP contribution in [0.25, 0.3) is 10.9 Å². The van der Waals surface area contributed by atoms with E-state index in [4.69, 9.17) is 23.2 Å². The molecule has 0 radical (unpaired) electrons. The number of hydrogen-bond donors (Lipinski definition) is 0. The molecule has 0 amide bonds. The predicted octanol–water partition coefficient (Wildman–Crippen LogP) is 4.61. The van der Waals surface area contributed by atoms with Crippen molar-refractivity contribution in [3.8, 4) is 0 Å². The zero-order valence-electron chi connectivity index (χ0n) is 9.97. The summed E-state index contributed by atoms with van der Waals surface area (Å²) >= 11 is 15.5. The van der Waals surface area contributed by atoms with Crippen molar-refractivity contribution >= 4 is 55.8 Å². The minimum absolute atomic E-state index is 0.0592. The van der Waals surface area contributed by atoms with Gasteiger partial charge in [0.25, 0.3) is 0 Å². The van der Waals surface area contributed by atoms with Crippen molar-refractivity contribution in [3.63, 3.8) is 0 Å². The van der Waals surface area contributed by atoms with Crippen LogP contribution in [0.1, 0.15) is 28.0 Å². The lowest BCUT2D eigenvalue weighted by Gasteiger charge is -2.12. The van der Waals surface area contributed by atoms with Gasteiger partial charge in [0.1, 0.15) is 0 Å². The molecule has 3 rings (SSSR count). The first-order valence-electron chi connectivity index (χ1n) is 6.01. The Kier molecular flexibility index (Phi) is 3.54. The van der Waals surface area contributed by atoms with Crippen molar-refractivity contribution in [1.82, 2.24) is 4.98 Å². The molecule has 0 aliphatic heterocycles. The second kappa shape index (κ2) is 5.04. The van der Waals surface area contributed by atoms with Gasteiger partial charge in [-0.25, -0.2) is 0 Å². The molecule has 0 saturated heterocycles. The normalized spacial score (nSPS) is 13.8. The Morgan fingerprint density at radius 1 is 1.32 bits per heavy atom. The maximum atomic E-state index is 12.2. The molecule has 1 aromatic heterocycles. The highest BCUT2D eigenvalue weighted by molar-refractivity contribution is 9.09. The van der Waals surface area contributed by atoms with Crippen LogP contribution in [0.3, 0.4) is 0 Å². The fourth-order valence-electron chi connectivity index (χ4n) is 2.67. The number of halogens is 3. The molecule has 0 N–H and O–H groups in total. The van der Waals surface area contributed by atoms with Crippen LogP contribution in [0.2, 0.25) is 10.0 Å². The van der Waals surface area contributed by atoms with E-state index in [1.165, 1.54) is 0 Å². The largest absolute Gasteiger partial charge is 0.293 e. The SMILES string of the molecule is O=C(CBr)c1c2c(nc3c(Cl)cc(Cl)cc13)CCC2. The number of aryl methyl sites for hydroxylation is 1. The third-order valence-electron chi connectivity index (χ3n) is 3.43. The van der Waals surface area contributed by atoms with E-state index in [0.29, 0.717) is 20.9 Å². The number of ketones is 1. The Morgan fingerprint density at radius 3 is 2.84 bits per heavy atom. The molecule has 1 aliphatic carbocycles. The van der Waals surface area contributed by atoms with Crippen LogP contribution in [-0.2, 0) is 12.8 Å². The Morgan fingerprint density at radius 2 is 2.11 bits per heavy atom. The minimum atomic E-state index is 0.0592. The summed E-state index contributed by atoms with van der Waals surface area (Å²) < 4.78 is 0. The molecule has 19 heavy (non-hydrogen) atoms. The first kappa shape index (κ1) is 13.3. The number of hydrogen-bond acceptors (Lipinski definition) is 2. The Hall–Kier alpha value is -0.640. The first-order valence-corrected chi connectivity index (χ1v) is 7.89. The molecule has 2 aromatic rings. The van der Waals surface area contributed by atoms with Crippen molar-refractivity contribution < 1.29 is 4.79 Å². The molecule has 0 bridgehead atoms. The van der Waals surface area contributed by atoms with E-state index in [-0.39, 0.29) is 5.78 Å². The van der Waals surface area contributed by atoms with Gasteiger partial charge in [0.05, 0.1) is 15.9 Å². The summed E-state index contributed by atoms with van der Waals surface area (Å²) in [5.74, 6) is 0.0592. The number of Topliss-reactive ketones (excluding diaryl/α,β-unsaturated/α-hetero) is 1. The smallest absolute Gasteiger partial charge is 0.174 e. The third kappa shape index (κ3) is 2.18. The maximum absolute atomic E-state index is 12.2. The second-order valence-corrected chi connectivity index (χ2v) is 6.01. The number of benzene rings is 1. The summed E-state index contributed by atoms with van der Waals surface area (Å²) in [5.41, 5.74) is 3.48. The highest BCUT2D eigenvalue weighted by Gasteiger charge is 2.24. The van der Waals surface area contributed by atoms with Crippen molar-refractivity contribution in [1.29, 1.82) is 0 Å². The topological polar surface area (TPSA) is 30.0 Å². The van der Waals surface area contributed by atoms with Gasteiger partial charge in [0, 0.05) is 21.7 Å². The van der Waals surface area contributed by atoms with Crippen molar-refractivity contribution in [2.24, 2.45) is 0 Å². The fourth-order valence-corrected chi connectivity index (χ4v) is 3.49. The second-order valence-electron chi connectivity index (χ2n) is 4.61. The summed E-state index contributed by atoms with van der Waals surface area (Å²) in [6.45, 7) is 0. The van der Waals surface area contributed by atoms with Crippen LogP contribution in [-0.4, -0.2) is 16.1 Å². The van der Waals surface area contributed by atoms with Crippen LogP contribution in [0, 0.1) is 0 Å². The molecular weight excluding hydrogens is 349 g/mol. The van der Waals surface area contributed by atoms with Gasteiger partial charge in [0.2, 0.25) is 0 Å². The average molecular weight is 359 g/mol. The molecule has 1 aliphatic rings. The number of fused-ring (bicyclic) bond motifs is 2. The van der Waals surface area contributed by atoms with Crippen molar-refractivity contribution in [2.45, 2.75) is 19.3 Å². The molecule has 2 nitrogen and oxygen atoms in total. The molecule has 5 heteroatoms. The summed E-state index contributed by atoms with van der Waals surface area (Å²) in [6.07, 6.45) is 2.84. The van der Waals surface area contributed by atoms with E-state index in [1.54, 1.807) is 12.1 Å². The van der Waals surface area contributed by atoms with Gasteiger partial charge in [-0.3, -0.25) is 9.78 Å². The van der Waals surface area contributed by atoms with Gasteiger partial charge in [-0.2, -0.15) is 0 Å². The standard InChI is InChI=1S/C14H10BrCl2NO/c15-6-12(19)13-8-2-1-3-11(8)18-14-9(13)4-7(16)5-10(14)17/h4-5H,1-3,6H2. The minimum Gasteiger partial charge on any atom is -0.293 e. The number of alkyl halides is 1. The lowest BCUT2D eigenvalue weighted by atomic mass is 9.98. The molecule has 0 fully saturated rings. The molecule has 98 valence electrons.